The molecule has 0 spiro atoms. The van der Waals surface area contributed by atoms with E-state index in [-0.39, 0.29) is 12.1 Å². The normalized spacial score (nSPS) is 14.8. The molecule has 1 aliphatic rings. The van der Waals surface area contributed by atoms with E-state index in [1.807, 2.05) is 12.1 Å². The van der Waals surface area contributed by atoms with Gasteiger partial charge in [0, 0.05) is 49.8 Å². The molecule has 2 N–H and O–H groups in total. The second kappa shape index (κ2) is 8.27. The van der Waals surface area contributed by atoms with Crippen LogP contribution in [0.4, 0.5) is 10.7 Å². The number of ether oxygens (including phenoxy) is 1. The van der Waals surface area contributed by atoms with Gasteiger partial charge in [-0.05, 0) is 25.0 Å². The van der Waals surface area contributed by atoms with Gasteiger partial charge in [-0.15, -0.1) is 0 Å². The van der Waals surface area contributed by atoms with Crippen LogP contribution in [-0.2, 0) is 6.54 Å². The molecule has 1 saturated heterocycles. The van der Waals surface area contributed by atoms with Gasteiger partial charge in [-0.2, -0.15) is 0 Å². The molecule has 2 aromatic heterocycles. The molecule has 2 amide bonds. The number of amides is 2. The molecule has 8 heteroatoms. The molecule has 3 heterocycles. The summed E-state index contributed by atoms with van der Waals surface area (Å²) >= 11 is 0. The Morgan fingerprint density at radius 2 is 1.92 bits per heavy atom. The summed E-state index contributed by atoms with van der Waals surface area (Å²) in [5, 5.41) is 5.88. The smallest absolute Gasteiger partial charge is 0.315 e. The highest BCUT2D eigenvalue weighted by Gasteiger charge is 2.22. The van der Waals surface area contributed by atoms with E-state index >= 15 is 0 Å². The molecule has 0 aromatic carbocycles. The lowest BCUT2D eigenvalue weighted by Gasteiger charge is -2.32. The van der Waals surface area contributed by atoms with Gasteiger partial charge in [-0.3, -0.25) is 0 Å². The number of carbonyl (C=O) groups is 1. The van der Waals surface area contributed by atoms with Crippen LogP contribution in [0.25, 0.3) is 0 Å². The van der Waals surface area contributed by atoms with E-state index in [9.17, 15) is 4.79 Å². The van der Waals surface area contributed by atoms with Gasteiger partial charge in [0.2, 0.25) is 11.8 Å². The van der Waals surface area contributed by atoms with Gasteiger partial charge in [0.05, 0.1) is 7.11 Å². The Morgan fingerprint density at radius 3 is 2.64 bits per heavy atom. The Morgan fingerprint density at radius 1 is 1.20 bits per heavy atom. The lowest BCUT2D eigenvalue weighted by Crippen LogP contribution is -2.48. The van der Waals surface area contributed by atoms with Crippen molar-refractivity contribution in [3.05, 3.63) is 42.4 Å². The average molecular weight is 342 g/mol. The van der Waals surface area contributed by atoms with Crippen LogP contribution < -0.4 is 20.3 Å². The van der Waals surface area contributed by atoms with E-state index in [4.69, 9.17) is 4.74 Å². The van der Waals surface area contributed by atoms with Crippen molar-refractivity contribution in [1.29, 1.82) is 0 Å². The topological polar surface area (TPSA) is 92.3 Å². The molecule has 25 heavy (non-hydrogen) atoms. The maximum Gasteiger partial charge on any atom is 0.315 e. The van der Waals surface area contributed by atoms with E-state index in [0.29, 0.717) is 12.4 Å². The third kappa shape index (κ3) is 4.56. The Labute approximate surface area is 146 Å². The first-order valence-corrected chi connectivity index (χ1v) is 8.30. The maximum atomic E-state index is 12.1. The summed E-state index contributed by atoms with van der Waals surface area (Å²) in [7, 11) is 1.57. The van der Waals surface area contributed by atoms with Gasteiger partial charge in [-0.25, -0.2) is 19.7 Å². The molecule has 132 valence electrons. The van der Waals surface area contributed by atoms with E-state index < -0.39 is 0 Å². The monoisotopic (exact) mass is 342 g/mol. The number of rotatable bonds is 5. The SMILES string of the molecule is COc1ncccc1CNC(=O)NC1CCN(c2ncccn2)CC1. The van der Waals surface area contributed by atoms with Crippen LogP contribution in [0.3, 0.4) is 0 Å². The van der Waals surface area contributed by atoms with Crippen LogP contribution in [0.15, 0.2) is 36.8 Å². The summed E-state index contributed by atoms with van der Waals surface area (Å²) in [6.07, 6.45) is 6.87. The van der Waals surface area contributed by atoms with Gasteiger partial charge >= 0.3 is 6.03 Å². The first kappa shape index (κ1) is 16.9. The number of urea groups is 1. The highest BCUT2D eigenvalue weighted by molar-refractivity contribution is 5.74. The zero-order chi connectivity index (χ0) is 17.5. The summed E-state index contributed by atoms with van der Waals surface area (Å²) in [5.41, 5.74) is 0.844. The fourth-order valence-corrected chi connectivity index (χ4v) is 2.83. The zero-order valence-corrected chi connectivity index (χ0v) is 14.2. The zero-order valence-electron chi connectivity index (χ0n) is 14.2. The molecule has 1 fully saturated rings. The quantitative estimate of drug-likeness (QED) is 0.852. The highest BCUT2D eigenvalue weighted by atomic mass is 16.5. The van der Waals surface area contributed by atoms with Crippen LogP contribution in [0, 0.1) is 0 Å². The Balaban J connectivity index is 1.43. The predicted molar refractivity (Wildman–Crippen MR) is 93.4 cm³/mol. The molecule has 1 aliphatic heterocycles. The summed E-state index contributed by atoms with van der Waals surface area (Å²) in [6, 6.07) is 5.47. The van der Waals surface area contributed by atoms with Gasteiger partial charge in [-0.1, -0.05) is 6.07 Å². The van der Waals surface area contributed by atoms with Gasteiger partial charge < -0.3 is 20.3 Å². The maximum absolute atomic E-state index is 12.1. The second-order valence-corrected chi connectivity index (χ2v) is 5.81. The van der Waals surface area contributed by atoms with Crippen molar-refractivity contribution in [2.75, 3.05) is 25.1 Å². The second-order valence-electron chi connectivity index (χ2n) is 5.81. The number of hydrogen-bond acceptors (Lipinski definition) is 6. The molecule has 2 aromatic rings. The minimum atomic E-state index is -0.180. The Kier molecular flexibility index (Phi) is 5.61. The molecule has 3 rings (SSSR count). The number of aromatic nitrogens is 3. The lowest BCUT2D eigenvalue weighted by molar-refractivity contribution is 0.234. The number of nitrogens with zero attached hydrogens (tertiary/aromatic N) is 4. The first-order valence-electron chi connectivity index (χ1n) is 8.30. The van der Waals surface area contributed by atoms with Crippen LogP contribution >= 0.6 is 0 Å². The van der Waals surface area contributed by atoms with Crippen molar-refractivity contribution >= 4 is 12.0 Å². The van der Waals surface area contributed by atoms with Gasteiger partial charge in [0.15, 0.2) is 0 Å². The third-order valence-corrected chi connectivity index (χ3v) is 4.15. The van der Waals surface area contributed by atoms with E-state index in [1.165, 1.54) is 0 Å². The number of piperidine rings is 1. The number of hydrogen-bond donors (Lipinski definition) is 2. The van der Waals surface area contributed by atoms with E-state index in [2.05, 4.69) is 30.5 Å². The van der Waals surface area contributed by atoms with Gasteiger partial charge in [0.25, 0.3) is 0 Å². The molecular weight excluding hydrogens is 320 g/mol. The van der Waals surface area contributed by atoms with Crippen LogP contribution in [0.5, 0.6) is 5.88 Å². The molecule has 0 atom stereocenters. The fraction of sp³-hybridized carbons (Fsp3) is 0.412. The van der Waals surface area contributed by atoms with Crippen molar-refractivity contribution in [2.24, 2.45) is 0 Å². The predicted octanol–water partition coefficient (Wildman–Crippen LogP) is 1.35. The molecule has 0 bridgehead atoms. The number of anilines is 1. The molecular formula is C17H22N6O2. The lowest BCUT2D eigenvalue weighted by atomic mass is 10.1. The molecule has 0 unspecified atom stereocenters. The van der Waals surface area contributed by atoms with Crippen LogP contribution in [-0.4, -0.2) is 47.2 Å². The van der Waals surface area contributed by atoms with Crippen molar-refractivity contribution in [2.45, 2.75) is 25.4 Å². The molecule has 0 radical (unpaired) electrons. The van der Waals surface area contributed by atoms with Crippen molar-refractivity contribution in [1.82, 2.24) is 25.6 Å². The molecule has 0 saturated carbocycles. The third-order valence-electron chi connectivity index (χ3n) is 4.15. The van der Waals surface area contributed by atoms with E-state index in [1.54, 1.807) is 31.8 Å². The van der Waals surface area contributed by atoms with Crippen molar-refractivity contribution in [3.63, 3.8) is 0 Å². The highest BCUT2D eigenvalue weighted by Crippen LogP contribution is 2.15. The van der Waals surface area contributed by atoms with Crippen molar-refractivity contribution < 1.29 is 9.53 Å². The first-order chi connectivity index (χ1) is 12.3. The summed E-state index contributed by atoms with van der Waals surface area (Å²) in [6.45, 7) is 2.02. The Hall–Kier alpha value is -2.90. The number of carbonyl (C=O) groups excluding carboxylic acids is 1. The minimum absolute atomic E-state index is 0.149. The largest absolute Gasteiger partial charge is 0.481 e. The van der Waals surface area contributed by atoms with Crippen LogP contribution in [0.2, 0.25) is 0 Å². The summed E-state index contributed by atoms with van der Waals surface area (Å²) in [5.74, 6) is 1.27. The molecule has 8 nitrogen and oxygen atoms in total. The summed E-state index contributed by atoms with van der Waals surface area (Å²) in [4.78, 5) is 26.9. The van der Waals surface area contributed by atoms with Crippen LogP contribution in [0.1, 0.15) is 18.4 Å². The summed E-state index contributed by atoms with van der Waals surface area (Å²) < 4.78 is 5.18. The standard InChI is InChI=1S/C17H22N6O2/c1-25-15-13(4-2-7-18-15)12-21-17(24)22-14-5-10-23(11-6-14)16-19-8-3-9-20-16/h2-4,7-9,14H,5-6,10-12H2,1H3,(H2,21,22,24). The van der Waals surface area contributed by atoms with Crippen molar-refractivity contribution in [3.8, 4) is 5.88 Å². The average Bonchev–Trinajstić information content (AvgIpc) is 2.68. The number of pyridine rings is 1. The number of methoxy groups -OCH3 is 1. The fourth-order valence-electron chi connectivity index (χ4n) is 2.83. The number of nitrogens with one attached hydrogen (secondary N) is 2. The minimum Gasteiger partial charge on any atom is -0.481 e. The van der Waals surface area contributed by atoms with Gasteiger partial charge in [0.1, 0.15) is 0 Å². The van der Waals surface area contributed by atoms with E-state index in [0.717, 1.165) is 37.4 Å². The Bertz CT molecular complexity index is 689. The molecule has 0 aliphatic carbocycles.